The van der Waals surface area contributed by atoms with E-state index in [9.17, 15) is 4.79 Å². The van der Waals surface area contributed by atoms with Gasteiger partial charge in [0.15, 0.2) is 0 Å². The molecule has 0 atom stereocenters. The Hall–Kier alpha value is -2.63. The van der Waals surface area contributed by atoms with Crippen molar-refractivity contribution in [2.75, 3.05) is 17.3 Å². The van der Waals surface area contributed by atoms with Crippen LogP contribution in [0.2, 0.25) is 10.0 Å². The first-order valence-corrected chi connectivity index (χ1v) is 8.62. The zero-order valence-corrected chi connectivity index (χ0v) is 15.5. The van der Waals surface area contributed by atoms with Crippen molar-refractivity contribution in [2.45, 2.75) is 6.54 Å². The standard InChI is InChI=1S/C19H16Cl2N4O/c1-25(11-13-5-3-2-4-6-13)18-10-17(22-12-23-18)19(26)24-14-7-8-15(20)16(21)9-14/h2-10,12H,11H2,1H3,(H,24,26). The van der Waals surface area contributed by atoms with Gasteiger partial charge in [-0.15, -0.1) is 0 Å². The molecule has 0 spiro atoms. The summed E-state index contributed by atoms with van der Waals surface area (Å²) in [5, 5.41) is 3.55. The number of benzene rings is 2. The molecular formula is C19H16Cl2N4O. The molecule has 1 aromatic heterocycles. The zero-order valence-electron chi connectivity index (χ0n) is 14.0. The lowest BCUT2D eigenvalue weighted by Gasteiger charge is -2.18. The number of rotatable bonds is 5. The van der Waals surface area contributed by atoms with Gasteiger partial charge in [-0.3, -0.25) is 4.79 Å². The van der Waals surface area contributed by atoms with Gasteiger partial charge in [-0.1, -0.05) is 53.5 Å². The number of halogens is 2. The van der Waals surface area contributed by atoms with Crippen LogP contribution in [0.3, 0.4) is 0 Å². The maximum absolute atomic E-state index is 12.4. The fourth-order valence-electron chi connectivity index (χ4n) is 2.39. The van der Waals surface area contributed by atoms with E-state index in [1.807, 2.05) is 42.3 Å². The van der Waals surface area contributed by atoms with Crippen molar-refractivity contribution in [1.29, 1.82) is 0 Å². The summed E-state index contributed by atoms with van der Waals surface area (Å²) in [6, 6.07) is 16.6. The highest BCUT2D eigenvalue weighted by Gasteiger charge is 2.12. The van der Waals surface area contributed by atoms with E-state index in [1.165, 1.54) is 6.33 Å². The lowest BCUT2D eigenvalue weighted by Crippen LogP contribution is -2.20. The van der Waals surface area contributed by atoms with Crippen LogP contribution in [0, 0.1) is 0 Å². The van der Waals surface area contributed by atoms with Crippen molar-refractivity contribution < 1.29 is 4.79 Å². The molecule has 0 aliphatic heterocycles. The summed E-state index contributed by atoms with van der Waals surface area (Å²) in [7, 11) is 1.91. The summed E-state index contributed by atoms with van der Waals surface area (Å²) in [6.45, 7) is 0.672. The largest absolute Gasteiger partial charge is 0.355 e. The van der Waals surface area contributed by atoms with Gasteiger partial charge in [0, 0.05) is 25.3 Å². The highest BCUT2D eigenvalue weighted by molar-refractivity contribution is 6.42. The van der Waals surface area contributed by atoms with Crippen LogP contribution in [0.1, 0.15) is 16.1 Å². The fraction of sp³-hybridized carbons (Fsp3) is 0.105. The van der Waals surface area contributed by atoms with Crippen LogP contribution in [0.15, 0.2) is 60.9 Å². The Morgan fingerprint density at radius 3 is 2.54 bits per heavy atom. The van der Waals surface area contributed by atoms with Crippen LogP contribution in [-0.2, 0) is 6.54 Å². The highest BCUT2D eigenvalue weighted by Crippen LogP contribution is 2.25. The molecule has 1 N–H and O–H groups in total. The van der Waals surface area contributed by atoms with E-state index in [-0.39, 0.29) is 11.6 Å². The maximum Gasteiger partial charge on any atom is 0.274 e. The second-order valence-corrected chi connectivity index (χ2v) is 6.50. The third-order valence-corrected chi connectivity index (χ3v) is 4.46. The van der Waals surface area contributed by atoms with Gasteiger partial charge in [0.2, 0.25) is 0 Å². The summed E-state index contributed by atoms with van der Waals surface area (Å²) in [5.41, 5.74) is 1.96. The molecule has 132 valence electrons. The van der Waals surface area contributed by atoms with Gasteiger partial charge in [-0.25, -0.2) is 9.97 Å². The van der Waals surface area contributed by atoms with E-state index in [1.54, 1.807) is 24.3 Å². The molecule has 0 bridgehead atoms. The van der Waals surface area contributed by atoms with E-state index in [0.29, 0.717) is 28.1 Å². The van der Waals surface area contributed by atoms with Crippen LogP contribution in [0.5, 0.6) is 0 Å². The molecule has 0 saturated carbocycles. The molecule has 5 nitrogen and oxygen atoms in total. The Balaban J connectivity index is 1.73. The van der Waals surface area contributed by atoms with Crippen LogP contribution < -0.4 is 10.2 Å². The SMILES string of the molecule is CN(Cc1ccccc1)c1cc(C(=O)Nc2ccc(Cl)c(Cl)c2)ncn1. The predicted molar refractivity (Wildman–Crippen MR) is 105 cm³/mol. The van der Waals surface area contributed by atoms with Crippen molar-refractivity contribution in [2.24, 2.45) is 0 Å². The predicted octanol–water partition coefficient (Wildman–Crippen LogP) is 4.67. The van der Waals surface area contributed by atoms with Crippen LogP contribution in [0.4, 0.5) is 11.5 Å². The van der Waals surface area contributed by atoms with E-state index in [4.69, 9.17) is 23.2 Å². The molecular weight excluding hydrogens is 371 g/mol. The smallest absolute Gasteiger partial charge is 0.274 e. The van der Waals surface area contributed by atoms with Gasteiger partial charge >= 0.3 is 0 Å². The van der Waals surface area contributed by atoms with E-state index >= 15 is 0 Å². The molecule has 0 aliphatic carbocycles. The summed E-state index contributed by atoms with van der Waals surface area (Å²) in [6.07, 6.45) is 1.38. The molecule has 0 fully saturated rings. The molecule has 0 aliphatic rings. The van der Waals surface area contributed by atoms with Crippen LogP contribution in [0.25, 0.3) is 0 Å². The monoisotopic (exact) mass is 386 g/mol. The first kappa shape index (κ1) is 18.2. The molecule has 1 heterocycles. The minimum atomic E-state index is -0.347. The van der Waals surface area contributed by atoms with Crippen molar-refractivity contribution in [1.82, 2.24) is 9.97 Å². The van der Waals surface area contributed by atoms with Gasteiger partial charge in [-0.2, -0.15) is 0 Å². The summed E-state index contributed by atoms with van der Waals surface area (Å²) >= 11 is 11.9. The second kappa shape index (κ2) is 8.17. The molecule has 3 rings (SSSR count). The molecule has 1 amide bonds. The molecule has 2 aromatic carbocycles. The summed E-state index contributed by atoms with van der Waals surface area (Å²) in [5.74, 6) is 0.309. The van der Waals surface area contributed by atoms with Gasteiger partial charge in [0.1, 0.15) is 17.8 Å². The fourth-order valence-corrected chi connectivity index (χ4v) is 2.69. The van der Waals surface area contributed by atoms with Gasteiger partial charge < -0.3 is 10.2 Å². The lowest BCUT2D eigenvalue weighted by molar-refractivity contribution is 0.102. The first-order valence-electron chi connectivity index (χ1n) is 7.86. The molecule has 3 aromatic rings. The van der Waals surface area contributed by atoms with Crippen molar-refractivity contribution >= 4 is 40.6 Å². The normalized spacial score (nSPS) is 10.4. The van der Waals surface area contributed by atoms with Crippen molar-refractivity contribution in [3.63, 3.8) is 0 Å². The van der Waals surface area contributed by atoms with Crippen LogP contribution in [-0.4, -0.2) is 22.9 Å². The van der Waals surface area contributed by atoms with E-state index in [0.717, 1.165) is 5.56 Å². The molecule has 0 saturated heterocycles. The number of nitrogens with one attached hydrogen (secondary N) is 1. The Morgan fingerprint density at radius 2 is 1.81 bits per heavy atom. The zero-order chi connectivity index (χ0) is 18.5. The summed E-state index contributed by atoms with van der Waals surface area (Å²) in [4.78, 5) is 22.7. The quantitative estimate of drug-likeness (QED) is 0.691. The number of nitrogens with zero attached hydrogens (tertiary/aromatic N) is 3. The Labute approximate surface area is 161 Å². The van der Waals surface area contributed by atoms with E-state index < -0.39 is 0 Å². The lowest BCUT2D eigenvalue weighted by atomic mass is 10.2. The Bertz CT molecular complexity index is 918. The Kier molecular flexibility index (Phi) is 5.71. The number of anilines is 2. The maximum atomic E-state index is 12.4. The minimum absolute atomic E-state index is 0.265. The minimum Gasteiger partial charge on any atom is -0.355 e. The molecule has 26 heavy (non-hydrogen) atoms. The topological polar surface area (TPSA) is 58.1 Å². The third kappa shape index (κ3) is 4.50. The number of amides is 1. The average Bonchev–Trinajstić information content (AvgIpc) is 2.65. The number of carbonyl (C=O) groups is 1. The number of carbonyl (C=O) groups excluding carboxylic acids is 1. The number of aromatic nitrogens is 2. The molecule has 0 unspecified atom stereocenters. The Morgan fingerprint density at radius 1 is 1.04 bits per heavy atom. The van der Waals surface area contributed by atoms with Gasteiger partial charge in [-0.05, 0) is 23.8 Å². The average molecular weight is 387 g/mol. The van der Waals surface area contributed by atoms with Gasteiger partial charge in [0.25, 0.3) is 5.91 Å². The highest BCUT2D eigenvalue weighted by atomic mass is 35.5. The van der Waals surface area contributed by atoms with Crippen molar-refractivity contribution in [3.8, 4) is 0 Å². The second-order valence-electron chi connectivity index (χ2n) is 5.69. The first-order chi connectivity index (χ1) is 12.5. The van der Waals surface area contributed by atoms with Crippen LogP contribution >= 0.6 is 23.2 Å². The third-order valence-electron chi connectivity index (χ3n) is 3.72. The molecule has 0 radical (unpaired) electrons. The van der Waals surface area contributed by atoms with E-state index in [2.05, 4.69) is 15.3 Å². The number of hydrogen-bond acceptors (Lipinski definition) is 4. The molecule has 7 heteroatoms. The van der Waals surface area contributed by atoms with Gasteiger partial charge in [0.05, 0.1) is 10.0 Å². The summed E-state index contributed by atoms with van der Waals surface area (Å²) < 4.78 is 0. The van der Waals surface area contributed by atoms with Crippen molar-refractivity contribution in [3.05, 3.63) is 82.2 Å². The number of hydrogen-bond donors (Lipinski definition) is 1.